The van der Waals surface area contributed by atoms with E-state index in [1.165, 1.54) is 0 Å². The third-order valence-electron chi connectivity index (χ3n) is 9.22. The van der Waals surface area contributed by atoms with Crippen LogP contribution < -0.4 is 0 Å². The van der Waals surface area contributed by atoms with Gasteiger partial charge >= 0.3 is 5.97 Å². The van der Waals surface area contributed by atoms with Crippen molar-refractivity contribution in [1.29, 1.82) is 0 Å². The molecule has 0 aromatic heterocycles. The number of cyclic esters (lactones) is 1. The summed E-state index contributed by atoms with van der Waals surface area (Å²) in [7, 11) is 0. The lowest BCUT2D eigenvalue weighted by atomic mass is 9.46. The summed E-state index contributed by atoms with van der Waals surface area (Å²) >= 11 is 0. The summed E-state index contributed by atoms with van der Waals surface area (Å²) in [6, 6.07) is 0. The maximum absolute atomic E-state index is 12.4. The third kappa shape index (κ3) is 4.78. The Kier molecular flexibility index (Phi) is 8.58. The van der Waals surface area contributed by atoms with Crippen LogP contribution in [0.4, 0.5) is 0 Å². The highest BCUT2D eigenvalue weighted by atomic mass is 16.7. The summed E-state index contributed by atoms with van der Waals surface area (Å²) in [4.78, 5) is 12.4. The number of esters is 1. The van der Waals surface area contributed by atoms with Crippen LogP contribution in [0, 0.1) is 22.7 Å². The minimum atomic E-state index is -1.53. The zero-order valence-electron chi connectivity index (χ0n) is 20.8. The summed E-state index contributed by atoms with van der Waals surface area (Å²) in [5.41, 5.74) is 0.956. The number of carbonyl (C=O) groups is 1. The van der Waals surface area contributed by atoms with E-state index in [1.807, 2.05) is 6.08 Å². The summed E-state index contributed by atoms with van der Waals surface area (Å²) in [5.74, 6) is 0.00676. The second-order valence-corrected chi connectivity index (χ2v) is 11.0. The van der Waals surface area contributed by atoms with Gasteiger partial charge in [0, 0.05) is 17.6 Å². The van der Waals surface area contributed by atoms with E-state index < -0.39 is 37.3 Å². The van der Waals surface area contributed by atoms with Crippen LogP contribution in [-0.4, -0.2) is 100 Å². The van der Waals surface area contributed by atoms with Crippen LogP contribution in [0.1, 0.15) is 45.4 Å². The average Bonchev–Trinajstić information content (AvgIpc) is 3.21. The Morgan fingerprint density at radius 3 is 2.61 bits per heavy atom. The van der Waals surface area contributed by atoms with Gasteiger partial charge in [-0.3, -0.25) is 0 Å². The topological polar surface area (TPSA) is 166 Å². The average molecular weight is 513 g/mol. The first kappa shape index (κ1) is 27.7. The molecule has 0 aromatic rings. The van der Waals surface area contributed by atoms with E-state index in [-0.39, 0.29) is 48.5 Å². The van der Waals surface area contributed by atoms with Crippen molar-refractivity contribution in [3.8, 4) is 0 Å². The smallest absolute Gasteiger partial charge is 0.334 e. The van der Waals surface area contributed by atoms with Crippen LogP contribution in [0.25, 0.3) is 0 Å². The van der Waals surface area contributed by atoms with Gasteiger partial charge in [0.15, 0.2) is 6.29 Å². The molecular weight excluding hydrogens is 472 g/mol. The molecule has 204 valence electrons. The molecule has 1 saturated carbocycles. The Morgan fingerprint density at radius 1 is 1.14 bits per heavy atom. The van der Waals surface area contributed by atoms with Gasteiger partial charge in [0.05, 0.1) is 19.8 Å². The molecule has 2 aliphatic carbocycles. The van der Waals surface area contributed by atoms with E-state index in [2.05, 4.69) is 6.92 Å². The molecule has 0 radical (unpaired) electrons. The molecule has 2 saturated heterocycles. The number of allylic oxidation sites excluding steroid dienone is 1. The van der Waals surface area contributed by atoms with Crippen LogP contribution in [0.15, 0.2) is 23.3 Å². The van der Waals surface area contributed by atoms with Gasteiger partial charge in [0.25, 0.3) is 0 Å². The van der Waals surface area contributed by atoms with E-state index in [0.29, 0.717) is 19.4 Å². The minimum Gasteiger partial charge on any atom is -0.461 e. The fourth-order valence-electron chi connectivity index (χ4n) is 7.05. The first-order valence-electron chi connectivity index (χ1n) is 12.9. The maximum atomic E-state index is 12.4. The molecule has 2 heterocycles. The Hall–Kier alpha value is -1.37. The second-order valence-electron chi connectivity index (χ2n) is 11.0. The first-order valence-corrected chi connectivity index (χ1v) is 12.9. The van der Waals surface area contributed by atoms with Gasteiger partial charge < -0.3 is 44.8 Å². The molecule has 0 aromatic carbocycles. The van der Waals surface area contributed by atoms with Crippen molar-refractivity contribution in [3.05, 3.63) is 23.3 Å². The Balaban J connectivity index is 1.46. The van der Waals surface area contributed by atoms with Crippen molar-refractivity contribution >= 4 is 5.97 Å². The van der Waals surface area contributed by atoms with Crippen LogP contribution >= 0.6 is 0 Å². The maximum Gasteiger partial charge on any atom is 0.334 e. The molecular formula is C26H40O10. The quantitative estimate of drug-likeness (QED) is 0.180. The van der Waals surface area contributed by atoms with Crippen LogP contribution in [0.2, 0.25) is 0 Å². The molecule has 3 fully saturated rings. The molecule has 1 unspecified atom stereocenters. The predicted octanol–water partition coefficient (Wildman–Crippen LogP) is -0.210. The molecule has 1 spiro atoms. The van der Waals surface area contributed by atoms with Crippen LogP contribution in [-0.2, 0) is 19.0 Å². The number of ether oxygens (including phenoxy) is 3. The lowest BCUT2D eigenvalue weighted by molar-refractivity contribution is -0.299. The first-order chi connectivity index (χ1) is 17.2. The van der Waals surface area contributed by atoms with E-state index in [9.17, 15) is 35.4 Å². The molecule has 4 aliphatic rings. The largest absolute Gasteiger partial charge is 0.461 e. The van der Waals surface area contributed by atoms with E-state index in [0.717, 1.165) is 36.8 Å². The zero-order chi connectivity index (χ0) is 26.1. The molecule has 2 aliphatic heterocycles. The highest BCUT2D eigenvalue weighted by Crippen LogP contribution is 2.64. The summed E-state index contributed by atoms with van der Waals surface area (Å²) < 4.78 is 16.7. The van der Waals surface area contributed by atoms with E-state index in [1.54, 1.807) is 6.08 Å². The van der Waals surface area contributed by atoms with Crippen LogP contribution in [0.5, 0.6) is 0 Å². The number of hydrogen-bond acceptors (Lipinski definition) is 10. The van der Waals surface area contributed by atoms with Gasteiger partial charge in [-0.05, 0) is 61.3 Å². The van der Waals surface area contributed by atoms with Crippen LogP contribution in [0.3, 0.4) is 0 Å². The fourth-order valence-corrected chi connectivity index (χ4v) is 7.05. The van der Waals surface area contributed by atoms with Crippen molar-refractivity contribution in [2.75, 3.05) is 33.0 Å². The van der Waals surface area contributed by atoms with Gasteiger partial charge in [-0.1, -0.05) is 19.1 Å². The molecule has 10 nitrogen and oxygen atoms in total. The zero-order valence-corrected chi connectivity index (χ0v) is 20.8. The van der Waals surface area contributed by atoms with Gasteiger partial charge in [-0.15, -0.1) is 0 Å². The van der Waals surface area contributed by atoms with E-state index >= 15 is 0 Å². The Bertz CT molecular complexity index is 856. The molecule has 10 heteroatoms. The van der Waals surface area contributed by atoms with Crippen molar-refractivity contribution in [1.82, 2.24) is 0 Å². The lowest BCUT2D eigenvalue weighted by Gasteiger charge is -2.57. The van der Waals surface area contributed by atoms with Gasteiger partial charge in [-0.2, -0.15) is 0 Å². The van der Waals surface area contributed by atoms with Crippen molar-refractivity contribution in [2.24, 2.45) is 22.7 Å². The number of aliphatic hydroxyl groups is 6. The fraction of sp³-hybridized carbons (Fsp3) is 0.808. The molecule has 36 heavy (non-hydrogen) atoms. The number of carbonyl (C=O) groups excluding carboxylic acids is 1. The van der Waals surface area contributed by atoms with Crippen molar-refractivity contribution < 1.29 is 49.6 Å². The lowest BCUT2D eigenvalue weighted by Crippen LogP contribution is -2.59. The number of aliphatic hydroxyl groups excluding tert-OH is 6. The van der Waals surface area contributed by atoms with Crippen molar-refractivity contribution in [2.45, 2.75) is 76.2 Å². The van der Waals surface area contributed by atoms with E-state index in [4.69, 9.17) is 14.2 Å². The summed E-state index contributed by atoms with van der Waals surface area (Å²) in [6.45, 7) is 1.87. The monoisotopic (exact) mass is 512 g/mol. The third-order valence-corrected chi connectivity index (χ3v) is 9.22. The molecule has 6 N–H and O–H groups in total. The SMILES string of the molecule is C[C@]1(CC/C(=C/CO)CO[C@@H]2O[C@H](CO)[C@@H](O)[C@H](O)[C@H]2O)[C@H](CO)CCC23COC(=O)C2=CCC[C@H]31. The Labute approximate surface area is 211 Å². The van der Waals surface area contributed by atoms with Crippen molar-refractivity contribution in [3.63, 3.8) is 0 Å². The highest BCUT2D eigenvalue weighted by Gasteiger charge is 2.61. The Morgan fingerprint density at radius 2 is 1.92 bits per heavy atom. The van der Waals surface area contributed by atoms with Gasteiger partial charge in [-0.25, -0.2) is 4.79 Å². The molecule has 4 rings (SSSR count). The van der Waals surface area contributed by atoms with Gasteiger partial charge in [0.2, 0.25) is 0 Å². The highest BCUT2D eigenvalue weighted by molar-refractivity contribution is 5.92. The molecule has 9 atom stereocenters. The number of rotatable bonds is 9. The second kappa shape index (κ2) is 11.2. The molecule has 0 bridgehead atoms. The summed E-state index contributed by atoms with van der Waals surface area (Å²) in [6.07, 6.45) is 1.39. The molecule has 0 amide bonds. The minimum absolute atomic E-state index is 0.00564. The normalized spacial score (nSPS) is 43.0. The predicted molar refractivity (Wildman–Crippen MR) is 126 cm³/mol. The van der Waals surface area contributed by atoms with Gasteiger partial charge in [0.1, 0.15) is 31.0 Å². The number of hydrogen-bond donors (Lipinski definition) is 6. The summed E-state index contributed by atoms with van der Waals surface area (Å²) in [5, 5.41) is 59.5. The standard InChI is InChI=1S/C26H40O10/c1-25(16(11-28)6-9-26-14-35-23(33)17(26)3-2-4-19(25)26)8-5-15(7-10-27)13-34-24-22(32)21(31)20(30)18(12-29)36-24/h3,7,16,18-22,24,27-32H,2,4-6,8-14H2,1H3/b15-7-/t16-,18+,19-,20+,21-,22+,24+,25-,26?/m0/s1.